The Morgan fingerprint density at radius 2 is 2.06 bits per heavy atom. The lowest BCUT2D eigenvalue weighted by atomic mass is 10.2. The summed E-state index contributed by atoms with van der Waals surface area (Å²) in [6.45, 7) is 1.99. The molecule has 0 saturated heterocycles. The first-order chi connectivity index (χ1) is 7.25. The van der Waals surface area contributed by atoms with Gasteiger partial charge in [-0.15, -0.1) is 37.2 Å². The summed E-state index contributed by atoms with van der Waals surface area (Å²) in [5.41, 5.74) is 7.57. The Hall–Kier alpha value is -0.810. The molecule has 2 aromatic heterocycles. The van der Waals surface area contributed by atoms with Crippen molar-refractivity contribution in [1.29, 1.82) is 0 Å². The molecule has 102 valence electrons. The first-order valence-electron chi connectivity index (χ1n) is 4.95. The standard InChI is InChI=1S/C11H14N4.3ClH/c1-9(12)3-2-4-10-5-14-11-6-13-8-15(11)7-10;;;/h2,4-9H,3,12H2,1H3;3*1H/b4-2+;;;/t9-;;;/m0.../s1. The molecule has 2 heterocycles. The van der Waals surface area contributed by atoms with Gasteiger partial charge in [0.05, 0.1) is 6.20 Å². The van der Waals surface area contributed by atoms with Gasteiger partial charge in [-0.1, -0.05) is 12.2 Å². The number of rotatable bonds is 3. The van der Waals surface area contributed by atoms with Crippen LogP contribution in [0.15, 0.2) is 31.0 Å². The Labute approximate surface area is 125 Å². The fourth-order valence-corrected chi connectivity index (χ4v) is 1.34. The van der Waals surface area contributed by atoms with Crippen LogP contribution in [0.25, 0.3) is 11.7 Å². The predicted molar refractivity (Wildman–Crippen MR) is 82.0 cm³/mol. The molecule has 0 aliphatic rings. The lowest BCUT2D eigenvalue weighted by molar-refractivity contribution is 0.759. The topological polar surface area (TPSA) is 56.2 Å². The lowest BCUT2D eigenvalue weighted by Crippen LogP contribution is -2.12. The Morgan fingerprint density at radius 1 is 1.33 bits per heavy atom. The molecular formula is C11H17Cl3N4. The van der Waals surface area contributed by atoms with Crippen LogP contribution < -0.4 is 5.73 Å². The number of hydrogen-bond acceptors (Lipinski definition) is 3. The van der Waals surface area contributed by atoms with E-state index in [1.54, 1.807) is 12.5 Å². The molecule has 0 aliphatic carbocycles. The van der Waals surface area contributed by atoms with Crippen LogP contribution in [0.5, 0.6) is 0 Å². The van der Waals surface area contributed by atoms with E-state index in [9.17, 15) is 0 Å². The van der Waals surface area contributed by atoms with Crippen molar-refractivity contribution in [2.45, 2.75) is 19.4 Å². The van der Waals surface area contributed by atoms with Crippen LogP contribution in [0.2, 0.25) is 0 Å². The Balaban J connectivity index is 0. The third-order valence-corrected chi connectivity index (χ3v) is 2.10. The van der Waals surface area contributed by atoms with Gasteiger partial charge >= 0.3 is 0 Å². The number of fused-ring (bicyclic) bond motifs is 1. The smallest absolute Gasteiger partial charge is 0.156 e. The highest BCUT2D eigenvalue weighted by molar-refractivity contribution is 5.86. The molecule has 0 bridgehead atoms. The van der Waals surface area contributed by atoms with Gasteiger partial charge in [0.25, 0.3) is 0 Å². The molecule has 0 amide bonds. The van der Waals surface area contributed by atoms with Crippen molar-refractivity contribution in [1.82, 2.24) is 14.4 Å². The minimum absolute atomic E-state index is 0. The summed E-state index contributed by atoms with van der Waals surface area (Å²) in [7, 11) is 0. The Morgan fingerprint density at radius 3 is 2.72 bits per heavy atom. The van der Waals surface area contributed by atoms with E-state index >= 15 is 0 Å². The van der Waals surface area contributed by atoms with E-state index in [0.29, 0.717) is 0 Å². The van der Waals surface area contributed by atoms with Gasteiger partial charge in [0.1, 0.15) is 6.33 Å². The molecule has 18 heavy (non-hydrogen) atoms. The van der Waals surface area contributed by atoms with E-state index in [1.807, 2.05) is 29.8 Å². The number of imidazole rings is 1. The number of nitrogens with two attached hydrogens (primary N) is 1. The second kappa shape index (κ2) is 9.16. The molecule has 0 saturated carbocycles. The minimum Gasteiger partial charge on any atom is -0.328 e. The van der Waals surface area contributed by atoms with Crippen molar-refractivity contribution in [2.75, 3.05) is 0 Å². The molecule has 0 aliphatic heterocycles. The largest absolute Gasteiger partial charge is 0.328 e. The zero-order valence-corrected chi connectivity index (χ0v) is 12.3. The van der Waals surface area contributed by atoms with Crippen LogP contribution >= 0.6 is 37.2 Å². The molecule has 2 rings (SSSR count). The Bertz CT molecular complexity index is 482. The average Bonchev–Trinajstić information content (AvgIpc) is 2.64. The zero-order valence-electron chi connectivity index (χ0n) is 9.89. The van der Waals surface area contributed by atoms with E-state index in [1.165, 1.54) is 0 Å². The van der Waals surface area contributed by atoms with E-state index in [2.05, 4.69) is 16.0 Å². The maximum atomic E-state index is 5.65. The molecule has 0 unspecified atom stereocenters. The molecule has 2 aromatic rings. The molecule has 0 radical (unpaired) electrons. The fraction of sp³-hybridized carbons (Fsp3) is 0.273. The first kappa shape index (κ1) is 19.5. The summed E-state index contributed by atoms with van der Waals surface area (Å²) in [5.74, 6) is 0. The Kier molecular flexibility index (Phi) is 9.94. The molecule has 7 heteroatoms. The van der Waals surface area contributed by atoms with Crippen LogP contribution in [0.3, 0.4) is 0 Å². The first-order valence-corrected chi connectivity index (χ1v) is 4.95. The van der Waals surface area contributed by atoms with Crippen molar-refractivity contribution in [3.8, 4) is 0 Å². The quantitative estimate of drug-likeness (QED) is 0.948. The monoisotopic (exact) mass is 310 g/mol. The SMILES string of the molecule is C[C@H](N)C/C=C/c1cnc2cncn2c1.Cl.Cl.Cl. The van der Waals surface area contributed by atoms with Crippen molar-refractivity contribution in [3.63, 3.8) is 0 Å². The van der Waals surface area contributed by atoms with Crippen LogP contribution in [-0.2, 0) is 0 Å². The normalized spacial score (nSPS) is 11.4. The average molecular weight is 312 g/mol. The molecule has 1 atom stereocenters. The second-order valence-electron chi connectivity index (χ2n) is 3.66. The van der Waals surface area contributed by atoms with Crippen molar-refractivity contribution < 1.29 is 0 Å². The molecule has 4 nitrogen and oxygen atoms in total. The third kappa shape index (κ3) is 5.23. The number of hydrogen-bond donors (Lipinski definition) is 1. The minimum atomic E-state index is 0. The van der Waals surface area contributed by atoms with Crippen LogP contribution in [-0.4, -0.2) is 20.4 Å². The van der Waals surface area contributed by atoms with Gasteiger partial charge in [-0.05, 0) is 13.3 Å². The van der Waals surface area contributed by atoms with E-state index in [4.69, 9.17) is 5.73 Å². The van der Waals surface area contributed by atoms with E-state index in [0.717, 1.165) is 17.6 Å². The summed E-state index contributed by atoms with van der Waals surface area (Å²) < 4.78 is 1.89. The highest BCUT2D eigenvalue weighted by Gasteiger charge is 1.94. The third-order valence-electron chi connectivity index (χ3n) is 2.10. The highest BCUT2D eigenvalue weighted by atomic mass is 35.5. The van der Waals surface area contributed by atoms with Crippen LogP contribution in [0.4, 0.5) is 0 Å². The summed E-state index contributed by atoms with van der Waals surface area (Å²) in [5, 5.41) is 0. The molecular weight excluding hydrogens is 295 g/mol. The van der Waals surface area contributed by atoms with Crippen molar-refractivity contribution >= 4 is 48.9 Å². The van der Waals surface area contributed by atoms with E-state index < -0.39 is 0 Å². The van der Waals surface area contributed by atoms with Gasteiger partial charge in [-0.2, -0.15) is 0 Å². The van der Waals surface area contributed by atoms with Crippen molar-refractivity contribution in [2.24, 2.45) is 5.73 Å². The van der Waals surface area contributed by atoms with Crippen LogP contribution in [0.1, 0.15) is 18.9 Å². The summed E-state index contributed by atoms with van der Waals surface area (Å²) in [6, 6.07) is 0.200. The number of nitrogens with zero attached hydrogens (tertiary/aromatic N) is 3. The van der Waals surface area contributed by atoms with Gasteiger partial charge in [0.2, 0.25) is 0 Å². The fourth-order valence-electron chi connectivity index (χ4n) is 1.34. The highest BCUT2D eigenvalue weighted by Crippen LogP contribution is 2.04. The molecule has 0 aromatic carbocycles. The maximum Gasteiger partial charge on any atom is 0.156 e. The predicted octanol–water partition coefficient (Wildman–Crippen LogP) is 2.75. The van der Waals surface area contributed by atoms with E-state index in [-0.39, 0.29) is 43.3 Å². The van der Waals surface area contributed by atoms with Crippen molar-refractivity contribution in [3.05, 3.63) is 36.6 Å². The number of aromatic nitrogens is 3. The van der Waals surface area contributed by atoms with Crippen LogP contribution in [0, 0.1) is 0 Å². The maximum absolute atomic E-state index is 5.65. The zero-order chi connectivity index (χ0) is 10.7. The number of halogens is 3. The second-order valence-corrected chi connectivity index (χ2v) is 3.66. The van der Waals surface area contributed by atoms with Gasteiger partial charge in [0.15, 0.2) is 5.65 Å². The summed E-state index contributed by atoms with van der Waals surface area (Å²) in [6.07, 6.45) is 12.3. The van der Waals surface area contributed by atoms with Gasteiger partial charge in [-0.3, -0.25) is 4.40 Å². The molecule has 2 N–H and O–H groups in total. The van der Waals surface area contributed by atoms with Gasteiger partial charge in [-0.25, -0.2) is 9.97 Å². The van der Waals surface area contributed by atoms with Gasteiger partial charge in [0, 0.05) is 24.0 Å². The van der Waals surface area contributed by atoms with Gasteiger partial charge < -0.3 is 5.73 Å². The summed E-state index contributed by atoms with van der Waals surface area (Å²) in [4.78, 5) is 8.26. The lowest BCUT2D eigenvalue weighted by Gasteiger charge is -1.98. The molecule has 0 spiro atoms. The summed E-state index contributed by atoms with van der Waals surface area (Å²) >= 11 is 0. The molecule has 0 fully saturated rings.